The normalized spacial score (nSPS) is 10.8. The molecule has 1 amide bonds. The molecule has 0 unspecified atom stereocenters. The molecule has 0 saturated carbocycles. The van der Waals surface area contributed by atoms with Crippen molar-refractivity contribution in [3.05, 3.63) is 40.2 Å². The number of amides is 1. The molecule has 0 saturated heterocycles. The zero-order chi connectivity index (χ0) is 15.6. The van der Waals surface area contributed by atoms with Gasteiger partial charge in [-0.25, -0.2) is 0 Å². The molecule has 112 valence electrons. The number of carbonyl (C=O) groups excluding carboxylic acids is 1. The minimum absolute atomic E-state index is 0.0197. The van der Waals surface area contributed by atoms with Gasteiger partial charge in [0.05, 0.1) is 16.3 Å². The second-order valence-electron chi connectivity index (χ2n) is 4.29. The Morgan fingerprint density at radius 1 is 1.43 bits per heavy atom. The van der Waals surface area contributed by atoms with Crippen molar-refractivity contribution in [2.24, 2.45) is 0 Å². The van der Waals surface area contributed by atoms with E-state index in [1.165, 1.54) is 18.2 Å². The van der Waals surface area contributed by atoms with Gasteiger partial charge >= 0.3 is 6.61 Å². The zero-order valence-corrected chi connectivity index (χ0v) is 12.0. The molecule has 0 spiro atoms. The molecule has 0 aliphatic heterocycles. The van der Waals surface area contributed by atoms with Crippen LogP contribution in [0, 0.1) is 13.8 Å². The fourth-order valence-corrected chi connectivity index (χ4v) is 2.07. The lowest BCUT2D eigenvalue weighted by Gasteiger charge is -2.09. The Hall–Kier alpha value is -2.15. The number of rotatable bonds is 4. The number of hydrogen-bond acceptors (Lipinski definition) is 3. The van der Waals surface area contributed by atoms with E-state index in [9.17, 15) is 13.6 Å². The number of aryl methyl sites for hydroxylation is 2. The third-order valence-electron chi connectivity index (χ3n) is 2.76. The fourth-order valence-electron chi connectivity index (χ4n) is 1.85. The van der Waals surface area contributed by atoms with Gasteiger partial charge in [0.25, 0.3) is 5.91 Å². The van der Waals surface area contributed by atoms with Gasteiger partial charge in [-0.15, -0.1) is 0 Å². The summed E-state index contributed by atoms with van der Waals surface area (Å²) in [6.07, 6.45) is 0. The van der Waals surface area contributed by atoms with Crippen molar-refractivity contribution in [1.29, 1.82) is 0 Å². The molecule has 2 N–H and O–H groups in total. The van der Waals surface area contributed by atoms with Gasteiger partial charge in [0.2, 0.25) is 0 Å². The van der Waals surface area contributed by atoms with Crippen LogP contribution in [0.3, 0.4) is 0 Å². The molecular weight excluding hydrogens is 304 g/mol. The van der Waals surface area contributed by atoms with Crippen molar-refractivity contribution in [1.82, 2.24) is 10.2 Å². The molecule has 2 rings (SSSR count). The molecule has 0 radical (unpaired) electrons. The number of ether oxygens (including phenoxy) is 1. The standard InChI is InChI=1S/C13H12ClF2N3O2/c1-6-11(7(2)19-18-6)12(20)17-8-3-4-10(9(14)5-8)21-13(15)16/h3-5,13H,1-2H3,(H,17,20)(H,18,19). The van der Waals surface area contributed by atoms with Crippen molar-refractivity contribution >= 4 is 23.2 Å². The molecule has 5 nitrogen and oxygen atoms in total. The first-order chi connectivity index (χ1) is 9.88. The number of anilines is 1. The molecule has 0 fully saturated rings. The summed E-state index contributed by atoms with van der Waals surface area (Å²) >= 11 is 5.82. The number of halogens is 3. The highest BCUT2D eigenvalue weighted by Gasteiger charge is 2.16. The number of hydrogen-bond donors (Lipinski definition) is 2. The van der Waals surface area contributed by atoms with E-state index in [1.54, 1.807) is 13.8 Å². The van der Waals surface area contributed by atoms with Gasteiger partial charge < -0.3 is 10.1 Å². The van der Waals surface area contributed by atoms with Gasteiger partial charge in [0.1, 0.15) is 5.75 Å². The van der Waals surface area contributed by atoms with Crippen LogP contribution in [-0.4, -0.2) is 22.7 Å². The molecule has 0 bridgehead atoms. The van der Waals surface area contributed by atoms with E-state index in [-0.39, 0.29) is 16.7 Å². The predicted octanol–water partition coefficient (Wildman–Crippen LogP) is 3.53. The van der Waals surface area contributed by atoms with E-state index < -0.39 is 6.61 Å². The summed E-state index contributed by atoms with van der Waals surface area (Å²) in [6, 6.07) is 4.02. The average molecular weight is 316 g/mol. The van der Waals surface area contributed by atoms with Crippen LogP contribution in [0.1, 0.15) is 21.7 Å². The predicted molar refractivity (Wildman–Crippen MR) is 74.1 cm³/mol. The lowest BCUT2D eigenvalue weighted by atomic mass is 10.2. The first-order valence-electron chi connectivity index (χ1n) is 5.95. The van der Waals surface area contributed by atoms with Crippen LogP contribution in [0.2, 0.25) is 5.02 Å². The van der Waals surface area contributed by atoms with Gasteiger partial charge in [-0.1, -0.05) is 11.6 Å². The number of nitrogens with one attached hydrogen (secondary N) is 2. The molecule has 0 atom stereocenters. The molecule has 1 aromatic heterocycles. The maximum Gasteiger partial charge on any atom is 0.387 e. The van der Waals surface area contributed by atoms with E-state index in [1.807, 2.05) is 0 Å². The van der Waals surface area contributed by atoms with Gasteiger partial charge in [-0.2, -0.15) is 13.9 Å². The number of aromatic nitrogens is 2. The number of benzene rings is 1. The van der Waals surface area contributed by atoms with Crippen molar-refractivity contribution in [2.45, 2.75) is 20.5 Å². The summed E-state index contributed by atoms with van der Waals surface area (Å²) in [5, 5.41) is 9.23. The first kappa shape index (κ1) is 15.2. The van der Waals surface area contributed by atoms with Crippen molar-refractivity contribution < 1.29 is 18.3 Å². The lowest BCUT2D eigenvalue weighted by Crippen LogP contribution is -2.13. The largest absolute Gasteiger partial charge is 0.433 e. The fraction of sp³-hybridized carbons (Fsp3) is 0.231. The zero-order valence-electron chi connectivity index (χ0n) is 11.2. The second-order valence-corrected chi connectivity index (χ2v) is 4.69. The van der Waals surface area contributed by atoms with Crippen LogP contribution >= 0.6 is 11.6 Å². The number of H-pyrrole nitrogens is 1. The van der Waals surface area contributed by atoms with Crippen LogP contribution in [0.15, 0.2) is 18.2 Å². The van der Waals surface area contributed by atoms with Gasteiger partial charge in [-0.05, 0) is 32.0 Å². The molecule has 21 heavy (non-hydrogen) atoms. The molecule has 1 heterocycles. The Morgan fingerprint density at radius 2 is 2.14 bits per heavy atom. The van der Waals surface area contributed by atoms with E-state index in [2.05, 4.69) is 20.3 Å². The van der Waals surface area contributed by atoms with Gasteiger partial charge in [0.15, 0.2) is 0 Å². The Bertz CT molecular complexity index is 654. The Morgan fingerprint density at radius 3 is 2.67 bits per heavy atom. The quantitative estimate of drug-likeness (QED) is 0.907. The summed E-state index contributed by atoms with van der Waals surface area (Å²) in [7, 11) is 0. The summed E-state index contributed by atoms with van der Waals surface area (Å²) < 4.78 is 28.5. The topological polar surface area (TPSA) is 67.0 Å². The monoisotopic (exact) mass is 315 g/mol. The SMILES string of the molecule is Cc1n[nH]c(C)c1C(=O)Nc1ccc(OC(F)F)c(Cl)c1. The number of alkyl halides is 2. The summed E-state index contributed by atoms with van der Waals surface area (Å²) in [5.74, 6) is -0.516. The molecular formula is C13H12ClF2N3O2. The van der Waals surface area contributed by atoms with Crippen LogP contribution < -0.4 is 10.1 Å². The maximum absolute atomic E-state index is 12.1. The summed E-state index contributed by atoms with van der Waals surface area (Å²) in [4.78, 5) is 12.1. The van der Waals surface area contributed by atoms with Crippen molar-refractivity contribution in [3.8, 4) is 5.75 Å². The van der Waals surface area contributed by atoms with Crippen molar-refractivity contribution in [3.63, 3.8) is 0 Å². The van der Waals surface area contributed by atoms with Gasteiger partial charge in [-0.3, -0.25) is 9.89 Å². The smallest absolute Gasteiger partial charge is 0.387 e. The maximum atomic E-state index is 12.1. The molecule has 1 aromatic carbocycles. The molecule has 0 aliphatic carbocycles. The number of nitrogens with zero attached hydrogens (tertiary/aromatic N) is 1. The molecule has 8 heteroatoms. The molecule has 2 aromatic rings. The van der Waals surface area contributed by atoms with E-state index in [4.69, 9.17) is 11.6 Å². The lowest BCUT2D eigenvalue weighted by molar-refractivity contribution is -0.0497. The van der Waals surface area contributed by atoms with E-state index >= 15 is 0 Å². The molecule has 0 aliphatic rings. The minimum atomic E-state index is -2.96. The minimum Gasteiger partial charge on any atom is -0.433 e. The van der Waals surface area contributed by atoms with Crippen LogP contribution in [0.4, 0.5) is 14.5 Å². The Balaban J connectivity index is 2.17. The highest BCUT2D eigenvalue weighted by Crippen LogP contribution is 2.29. The van der Waals surface area contributed by atoms with Gasteiger partial charge in [0, 0.05) is 11.4 Å². The second kappa shape index (κ2) is 6.09. The average Bonchev–Trinajstić information content (AvgIpc) is 2.72. The third-order valence-corrected chi connectivity index (χ3v) is 3.06. The van der Waals surface area contributed by atoms with Crippen LogP contribution in [0.25, 0.3) is 0 Å². The number of aromatic amines is 1. The highest BCUT2D eigenvalue weighted by atomic mass is 35.5. The summed E-state index contributed by atoms with van der Waals surface area (Å²) in [6.45, 7) is 0.464. The van der Waals surface area contributed by atoms with Crippen molar-refractivity contribution in [2.75, 3.05) is 5.32 Å². The van der Waals surface area contributed by atoms with E-state index in [0.717, 1.165) is 0 Å². The first-order valence-corrected chi connectivity index (χ1v) is 6.33. The Labute approximate surface area is 124 Å². The van der Waals surface area contributed by atoms with E-state index in [0.29, 0.717) is 22.6 Å². The third kappa shape index (κ3) is 3.49. The summed E-state index contributed by atoms with van der Waals surface area (Å²) in [5.41, 5.74) is 1.99. The Kier molecular flexibility index (Phi) is 4.42. The highest BCUT2D eigenvalue weighted by molar-refractivity contribution is 6.32. The van der Waals surface area contributed by atoms with Crippen LogP contribution in [0.5, 0.6) is 5.75 Å². The number of carbonyl (C=O) groups is 1. The van der Waals surface area contributed by atoms with Crippen LogP contribution in [-0.2, 0) is 0 Å².